The second kappa shape index (κ2) is 7.76. The van der Waals surface area contributed by atoms with Gasteiger partial charge in [-0.1, -0.05) is 23.7 Å². The number of fused-ring (bicyclic) bond motifs is 1. The highest BCUT2D eigenvalue weighted by molar-refractivity contribution is 7.21. The van der Waals surface area contributed by atoms with E-state index in [0.717, 1.165) is 10.1 Å². The summed E-state index contributed by atoms with van der Waals surface area (Å²) in [6.07, 6.45) is 0. The zero-order valence-corrected chi connectivity index (χ0v) is 15.7. The van der Waals surface area contributed by atoms with E-state index in [1.165, 1.54) is 11.3 Å². The van der Waals surface area contributed by atoms with Crippen LogP contribution in [0, 0.1) is 0 Å². The van der Waals surface area contributed by atoms with E-state index in [1.54, 1.807) is 44.4 Å². The van der Waals surface area contributed by atoms with Gasteiger partial charge < -0.3 is 14.8 Å². The summed E-state index contributed by atoms with van der Waals surface area (Å²) in [5.41, 5.74) is 0.670. The lowest BCUT2D eigenvalue weighted by atomic mass is 10.1. The Balaban J connectivity index is 1.93. The van der Waals surface area contributed by atoms with Crippen LogP contribution in [0.5, 0.6) is 5.75 Å². The van der Waals surface area contributed by atoms with E-state index in [9.17, 15) is 9.59 Å². The molecule has 134 valence electrons. The first-order valence-electron chi connectivity index (χ1n) is 7.88. The standard InChI is InChI=1S/C19H16ClNO4S/c1-3-25-19(23)12-6-4-5-7-14(12)21-18(22)17-16(20)13-10-11(24-2)8-9-15(13)26-17/h4-10H,3H2,1-2H3,(H,21,22). The van der Waals surface area contributed by atoms with Crippen molar-refractivity contribution >= 4 is 50.6 Å². The van der Waals surface area contributed by atoms with Gasteiger partial charge in [-0.2, -0.15) is 0 Å². The fourth-order valence-corrected chi connectivity index (χ4v) is 3.86. The van der Waals surface area contributed by atoms with Crippen LogP contribution in [0.3, 0.4) is 0 Å². The first kappa shape index (κ1) is 18.2. The Morgan fingerprint density at radius 1 is 1.19 bits per heavy atom. The molecule has 3 rings (SSSR count). The lowest BCUT2D eigenvalue weighted by Crippen LogP contribution is -2.15. The topological polar surface area (TPSA) is 64.6 Å². The van der Waals surface area contributed by atoms with Crippen molar-refractivity contribution in [3.05, 3.63) is 57.9 Å². The van der Waals surface area contributed by atoms with Gasteiger partial charge in [0.2, 0.25) is 0 Å². The molecule has 1 amide bonds. The summed E-state index contributed by atoms with van der Waals surface area (Å²) in [5, 5.41) is 3.86. The van der Waals surface area contributed by atoms with Crippen LogP contribution in [-0.2, 0) is 4.74 Å². The van der Waals surface area contributed by atoms with E-state index in [4.69, 9.17) is 21.1 Å². The van der Waals surface area contributed by atoms with E-state index < -0.39 is 5.97 Å². The number of methoxy groups -OCH3 is 1. The average molecular weight is 390 g/mol. The number of rotatable bonds is 5. The number of para-hydroxylation sites is 1. The largest absolute Gasteiger partial charge is 0.497 e. The van der Waals surface area contributed by atoms with Crippen molar-refractivity contribution in [2.75, 3.05) is 19.0 Å². The molecule has 3 aromatic rings. The molecule has 0 atom stereocenters. The number of hydrogen-bond donors (Lipinski definition) is 1. The Morgan fingerprint density at radius 2 is 1.96 bits per heavy atom. The number of thiophene rings is 1. The predicted molar refractivity (Wildman–Crippen MR) is 104 cm³/mol. The van der Waals surface area contributed by atoms with Gasteiger partial charge in [0.05, 0.1) is 30.0 Å². The highest BCUT2D eigenvalue weighted by Crippen LogP contribution is 2.37. The summed E-state index contributed by atoms with van der Waals surface area (Å²) in [7, 11) is 1.57. The maximum absolute atomic E-state index is 12.7. The molecule has 0 spiro atoms. The van der Waals surface area contributed by atoms with Crippen LogP contribution >= 0.6 is 22.9 Å². The lowest BCUT2D eigenvalue weighted by molar-refractivity contribution is 0.0527. The number of carbonyl (C=O) groups excluding carboxylic acids is 2. The number of benzene rings is 2. The maximum atomic E-state index is 12.7. The zero-order chi connectivity index (χ0) is 18.7. The SMILES string of the molecule is CCOC(=O)c1ccccc1NC(=O)c1sc2ccc(OC)cc2c1Cl. The van der Waals surface area contributed by atoms with Gasteiger partial charge in [0.25, 0.3) is 5.91 Å². The molecule has 0 aliphatic carbocycles. The second-order valence-electron chi connectivity index (χ2n) is 5.33. The molecule has 26 heavy (non-hydrogen) atoms. The van der Waals surface area contributed by atoms with Gasteiger partial charge in [0, 0.05) is 10.1 Å². The number of anilines is 1. The van der Waals surface area contributed by atoms with E-state index >= 15 is 0 Å². The molecule has 0 saturated carbocycles. The van der Waals surface area contributed by atoms with Crippen molar-refractivity contribution < 1.29 is 19.1 Å². The molecule has 0 saturated heterocycles. The molecule has 5 nitrogen and oxygen atoms in total. The number of halogens is 1. The summed E-state index contributed by atoms with van der Waals surface area (Å²) in [5.74, 6) is -0.209. The summed E-state index contributed by atoms with van der Waals surface area (Å²) < 4.78 is 11.1. The molecule has 7 heteroatoms. The van der Waals surface area contributed by atoms with Crippen LogP contribution in [0.4, 0.5) is 5.69 Å². The Kier molecular flexibility index (Phi) is 5.44. The Labute approximate surface area is 159 Å². The number of ether oxygens (including phenoxy) is 2. The lowest BCUT2D eigenvalue weighted by Gasteiger charge is -2.09. The van der Waals surface area contributed by atoms with Gasteiger partial charge in [0.1, 0.15) is 10.6 Å². The summed E-state index contributed by atoms with van der Waals surface area (Å²) in [6, 6.07) is 12.1. The van der Waals surface area contributed by atoms with Crippen molar-refractivity contribution in [1.29, 1.82) is 0 Å². The average Bonchev–Trinajstić information content (AvgIpc) is 2.98. The van der Waals surface area contributed by atoms with Crippen molar-refractivity contribution in [1.82, 2.24) is 0 Å². The molecule has 0 radical (unpaired) electrons. The van der Waals surface area contributed by atoms with Crippen LogP contribution in [0.15, 0.2) is 42.5 Å². The van der Waals surface area contributed by atoms with Crippen LogP contribution in [0.1, 0.15) is 27.0 Å². The Hall–Kier alpha value is -2.57. The third-order valence-electron chi connectivity index (χ3n) is 3.71. The molecule has 1 aromatic heterocycles. The van der Waals surface area contributed by atoms with E-state index in [-0.39, 0.29) is 12.5 Å². The summed E-state index contributed by atoms with van der Waals surface area (Å²) in [6.45, 7) is 1.98. The zero-order valence-electron chi connectivity index (χ0n) is 14.2. The minimum Gasteiger partial charge on any atom is -0.497 e. The molecular weight excluding hydrogens is 374 g/mol. The van der Waals surface area contributed by atoms with E-state index in [0.29, 0.717) is 26.9 Å². The summed E-state index contributed by atoms with van der Waals surface area (Å²) in [4.78, 5) is 25.1. The minimum absolute atomic E-state index is 0.255. The van der Waals surface area contributed by atoms with Crippen molar-refractivity contribution in [3.8, 4) is 5.75 Å². The highest BCUT2D eigenvalue weighted by atomic mass is 35.5. The molecule has 1 heterocycles. The van der Waals surface area contributed by atoms with Gasteiger partial charge in [-0.05, 0) is 37.3 Å². The van der Waals surface area contributed by atoms with Crippen LogP contribution in [0.2, 0.25) is 5.02 Å². The number of esters is 1. The Morgan fingerprint density at radius 3 is 2.69 bits per heavy atom. The number of hydrogen-bond acceptors (Lipinski definition) is 5. The smallest absolute Gasteiger partial charge is 0.340 e. The predicted octanol–water partition coefficient (Wildman–Crippen LogP) is 4.99. The van der Waals surface area contributed by atoms with Gasteiger partial charge in [0.15, 0.2) is 0 Å². The van der Waals surface area contributed by atoms with Crippen LogP contribution in [0.25, 0.3) is 10.1 Å². The molecule has 0 aliphatic rings. The first-order chi connectivity index (χ1) is 12.5. The van der Waals surface area contributed by atoms with Gasteiger partial charge in [-0.15, -0.1) is 11.3 Å². The Bertz CT molecular complexity index is 983. The number of nitrogens with one attached hydrogen (secondary N) is 1. The van der Waals surface area contributed by atoms with Gasteiger partial charge in [-0.25, -0.2) is 4.79 Å². The van der Waals surface area contributed by atoms with Gasteiger partial charge >= 0.3 is 5.97 Å². The number of amides is 1. The summed E-state index contributed by atoms with van der Waals surface area (Å²) >= 11 is 7.68. The van der Waals surface area contributed by atoms with Crippen molar-refractivity contribution in [2.24, 2.45) is 0 Å². The first-order valence-corrected chi connectivity index (χ1v) is 9.08. The normalized spacial score (nSPS) is 10.6. The molecule has 2 aromatic carbocycles. The molecular formula is C19H16ClNO4S. The van der Waals surface area contributed by atoms with Crippen LogP contribution < -0.4 is 10.1 Å². The van der Waals surface area contributed by atoms with Crippen molar-refractivity contribution in [2.45, 2.75) is 6.92 Å². The molecule has 0 aliphatic heterocycles. The third kappa shape index (κ3) is 3.52. The van der Waals surface area contributed by atoms with Gasteiger partial charge in [-0.3, -0.25) is 4.79 Å². The third-order valence-corrected chi connectivity index (χ3v) is 5.39. The quantitative estimate of drug-likeness (QED) is 0.624. The van der Waals surface area contributed by atoms with E-state index in [2.05, 4.69) is 5.32 Å². The van der Waals surface area contributed by atoms with E-state index in [1.807, 2.05) is 12.1 Å². The maximum Gasteiger partial charge on any atom is 0.340 e. The van der Waals surface area contributed by atoms with Crippen molar-refractivity contribution in [3.63, 3.8) is 0 Å². The second-order valence-corrected chi connectivity index (χ2v) is 6.76. The fourth-order valence-electron chi connectivity index (χ4n) is 2.48. The molecule has 0 unspecified atom stereocenters. The fraction of sp³-hybridized carbons (Fsp3) is 0.158. The van der Waals surface area contributed by atoms with Crippen LogP contribution in [-0.4, -0.2) is 25.6 Å². The molecule has 0 bridgehead atoms. The highest BCUT2D eigenvalue weighted by Gasteiger charge is 2.20. The minimum atomic E-state index is -0.490. The molecule has 1 N–H and O–H groups in total. The number of carbonyl (C=O) groups is 2. The molecule has 0 fully saturated rings. The monoisotopic (exact) mass is 389 g/mol.